The SMILES string of the molecule is CC(C)CC(COCCN(C)C)(CC(C)C)Oc1ccccc1. The van der Waals surface area contributed by atoms with Crippen LogP contribution in [-0.4, -0.2) is 44.4 Å². The van der Waals surface area contributed by atoms with Crippen molar-refractivity contribution in [1.82, 2.24) is 4.90 Å². The van der Waals surface area contributed by atoms with Gasteiger partial charge in [-0.25, -0.2) is 0 Å². The van der Waals surface area contributed by atoms with E-state index in [1.54, 1.807) is 0 Å². The van der Waals surface area contributed by atoms with E-state index < -0.39 is 0 Å². The lowest BCUT2D eigenvalue weighted by Gasteiger charge is -2.37. The fraction of sp³-hybridized carbons (Fsp3) is 0.700. The van der Waals surface area contributed by atoms with Crippen molar-refractivity contribution in [3.8, 4) is 5.75 Å². The summed E-state index contributed by atoms with van der Waals surface area (Å²) in [6, 6.07) is 10.1. The molecule has 0 N–H and O–H groups in total. The highest BCUT2D eigenvalue weighted by atomic mass is 16.5. The van der Waals surface area contributed by atoms with Gasteiger partial charge in [0, 0.05) is 6.54 Å². The second-order valence-corrected chi connectivity index (χ2v) is 7.65. The number of benzene rings is 1. The summed E-state index contributed by atoms with van der Waals surface area (Å²) in [5, 5.41) is 0. The third kappa shape index (κ3) is 8.38. The van der Waals surface area contributed by atoms with E-state index in [4.69, 9.17) is 9.47 Å². The minimum absolute atomic E-state index is 0.254. The Balaban J connectivity index is 2.84. The third-order valence-corrected chi connectivity index (χ3v) is 3.69. The van der Waals surface area contributed by atoms with Crippen LogP contribution in [0.3, 0.4) is 0 Å². The smallest absolute Gasteiger partial charge is 0.133 e. The van der Waals surface area contributed by atoms with E-state index in [9.17, 15) is 0 Å². The van der Waals surface area contributed by atoms with E-state index in [1.165, 1.54) is 0 Å². The first kappa shape index (κ1) is 20.0. The van der Waals surface area contributed by atoms with Crippen molar-refractivity contribution in [2.45, 2.75) is 46.1 Å². The van der Waals surface area contributed by atoms with Gasteiger partial charge in [-0.05, 0) is 50.9 Å². The summed E-state index contributed by atoms with van der Waals surface area (Å²) >= 11 is 0. The Morgan fingerprint density at radius 2 is 1.52 bits per heavy atom. The van der Waals surface area contributed by atoms with Gasteiger partial charge in [-0.1, -0.05) is 45.9 Å². The van der Waals surface area contributed by atoms with Crippen LogP contribution in [0.25, 0.3) is 0 Å². The first-order chi connectivity index (χ1) is 10.8. The van der Waals surface area contributed by atoms with Crippen LogP contribution < -0.4 is 4.74 Å². The minimum atomic E-state index is -0.254. The number of likely N-dealkylation sites (N-methyl/N-ethyl adjacent to an activating group) is 1. The second-order valence-electron chi connectivity index (χ2n) is 7.65. The van der Waals surface area contributed by atoms with E-state index in [2.05, 4.69) is 46.7 Å². The molecule has 0 fully saturated rings. The molecule has 3 heteroatoms. The summed E-state index contributed by atoms with van der Waals surface area (Å²) in [5.74, 6) is 2.06. The van der Waals surface area contributed by atoms with Gasteiger partial charge in [0.05, 0.1) is 13.2 Å². The molecule has 3 nitrogen and oxygen atoms in total. The first-order valence-electron chi connectivity index (χ1n) is 8.79. The van der Waals surface area contributed by atoms with Crippen LogP contribution in [0.15, 0.2) is 30.3 Å². The highest BCUT2D eigenvalue weighted by Crippen LogP contribution is 2.31. The summed E-state index contributed by atoms with van der Waals surface area (Å²) in [4.78, 5) is 2.14. The summed E-state index contributed by atoms with van der Waals surface area (Å²) in [7, 11) is 4.14. The molecule has 0 atom stereocenters. The molecule has 0 amide bonds. The largest absolute Gasteiger partial charge is 0.485 e. The predicted octanol–water partition coefficient (Wildman–Crippen LogP) is 4.47. The average Bonchev–Trinajstić information content (AvgIpc) is 2.43. The number of para-hydroxylation sites is 1. The number of nitrogens with zero attached hydrogens (tertiary/aromatic N) is 1. The van der Waals surface area contributed by atoms with Crippen LogP contribution >= 0.6 is 0 Å². The quantitative estimate of drug-likeness (QED) is 0.561. The molecule has 0 aromatic heterocycles. The van der Waals surface area contributed by atoms with Crippen molar-refractivity contribution in [3.05, 3.63) is 30.3 Å². The van der Waals surface area contributed by atoms with E-state index in [1.807, 2.05) is 30.3 Å². The Hall–Kier alpha value is -1.06. The Bertz CT molecular complexity index is 405. The normalized spacial score (nSPS) is 12.4. The van der Waals surface area contributed by atoms with E-state index in [0.717, 1.165) is 31.7 Å². The Labute approximate surface area is 143 Å². The van der Waals surface area contributed by atoms with Gasteiger partial charge in [-0.2, -0.15) is 0 Å². The zero-order valence-electron chi connectivity index (χ0n) is 15.8. The van der Waals surface area contributed by atoms with E-state index in [-0.39, 0.29) is 5.60 Å². The molecule has 132 valence electrons. The number of ether oxygens (including phenoxy) is 2. The lowest BCUT2D eigenvalue weighted by Crippen LogP contribution is -2.44. The molecular weight excluding hydrogens is 286 g/mol. The van der Waals surface area contributed by atoms with E-state index in [0.29, 0.717) is 18.4 Å². The van der Waals surface area contributed by atoms with E-state index >= 15 is 0 Å². The van der Waals surface area contributed by atoms with Crippen LogP contribution in [-0.2, 0) is 4.74 Å². The fourth-order valence-corrected chi connectivity index (χ4v) is 3.05. The first-order valence-corrected chi connectivity index (χ1v) is 8.79. The highest BCUT2D eigenvalue weighted by Gasteiger charge is 2.34. The molecule has 1 aromatic carbocycles. The van der Waals surface area contributed by atoms with Crippen molar-refractivity contribution in [3.63, 3.8) is 0 Å². The van der Waals surface area contributed by atoms with Crippen molar-refractivity contribution in [1.29, 1.82) is 0 Å². The second kappa shape index (κ2) is 9.94. The maximum absolute atomic E-state index is 6.49. The molecule has 1 rings (SSSR count). The van der Waals surface area contributed by atoms with Crippen LogP contribution in [0.4, 0.5) is 0 Å². The summed E-state index contributed by atoms with van der Waals surface area (Å²) in [6.45, 7) is 11.3. The van der Waals surface area contributed by atoms with Gasteiger partial charge in [0.1, 0.15) is 11.4 Å². The van der Waals surface area contributed by atoms with Gasteiger partial charge in [-0.3, -0.25) is 0 Å². The third-order valence-electron chi connectivity index (χ3n) is 3.69. The fourth-order valence-electron chi connectivity index (χ4n) is 3.05. The molecular formula is C20H35NO2. The molecule has 23 heavy (non-hydrogen) atoms. The Morgan fingerprint density at radius 3 is 2.00 bits per heavy atom. The van der Waals surface area contributed by atoms with Crippen LogP contribution in [0.5, 0.6) is 5.75 Å². The summed E-state index contributed by atoms with van der Waals surface area (Å²) in [5.41, 5.74) is -0.254. The zero-order valence-corrected chi connectivity index (χ0v) is 15.8. The topological polar surface area (TPSA) is 21.7 Å². The molecule has 0 aliphatic carbocycles. The minimum Gasteiger partial charge on any atom is -0.485 e. The van der Waals surface area contributed by atoms with Crippen molar-refractivity contribution >= 4 is 0 Å². The number of rotatable bonds is 11. The Morgan fingerprint density at radius 1 is 0.957 bits per heavy atom. The molecule has 0 saturated carbocycles. The molecule has 0 aliphatic heterocycles. The summed E-state index contributed by atoms with van der Waals surface area (Å²) < 4.78 is 12.5. The van der Waals surface area contributed by atoms with Gasteiger partial charge < -0.3 is 14.4 Å². The van der Waals surface area contributed by atoms with Crippen LogP contribution in [0.2, 0.25) is 0 Å². The highest BCUT2D eigenvalue weighted by molar-refractivity contribution is 5.22. The van der Waals surface area contributed by atoms with Crippen LogP contribution in [0, 0.1) is 11.8 Å². The lowest BCUT2D eigenvalue weighted by molar-refractivity contribution is -0.0539. The zero-order chi connectivity index (χ0) is 17.3. The molecule has 0 bridgehead atoms. The predicted molar refractivity (Wildman–Crippen MR) is 98.1 cm³/mol. The Kier molecular flexibility index (Phi) is 8.64. The lowest BCUT2D eigenvalue weighted by atomic mass is 9.85. The molecule has 0 heterocycles. The van der Waals surface area contributed by atoms with Gasteiger partial charge >= 0.3 is 0 Å². The standard InChI is InChI=1S/C20H35NO2/c1-17(2)14-20(15-18(3)4,16-22-13-12-21(5)6)23-19-10-8-7-9-11-19/h7-11,17-18H,12-16H2,1-6H3. The number of hydrogen-bond acceptors (Lipinski definition) is 3. The van der Waals surface area contributed by atoms with Gasteiger partial charge in [-0.15, -0.1) is 0 Å². The van der Waals surface area contributed by atoms with Gasteiger partial charge in [0.15, 0.2) is 0 Å². The van der Waals surface area contributed by atoms with Gasteiger partial charge in [0.25, 0.3) is 0 Å². The molecule has 0 aliphatic rings. The monoisotopic (exact) mass is 321 g/mol. The maximum atomic E-state index is 6.49. The molecule has 1 aromatic rings. The average molecular weight is 322 g/mol. The summed E-state index contributed by atoms with van der Waals surface area (Å²) in [6.07, 6.45) is 2.00. The maximum Gasteiger partial charge on any atom is 0.133 e. The molecule has 0 radical (unpaired) electrons. The molecule has 0 spiro atoms. The van der Waals surface area contributed by atoms with Crippen molar-refractivity contribution < 1.29 is 9.47 Å². The van der Waals surface area contributed by atoms with Crippen molar-refractivity contribution in [2.75, 3.05) is 33.9 Å². The molecule has 0 saturated heterocycles. The van der Waals surface area contributed by atoms with Gasteiger partial charge in [0.2, 0.25) is 0 Å². The number of hydrogen-bond donors (Lipinski definition) is 0. The van der Waals surface area contributed by atoms with Crippen LogP contribution in [0.1, 0.15) is 40.5 Å². The molecule has 0 unspecified atom stereocenters. The van der Waals surface area contributed by atoms with Crippen molar-refractivity contribution in [2.24, 2.45) is 11.8 Å².